The van der Waals surface area contributed by atoms with Crippen molar-refractivity contribution >= 4 is 0 Å². The van der Waals surface area contributed by atoms with Gasteiger partial charge in [0.2, 0.25) is 0 Å². The van der Waals surface area contributed by atoms with Crippen LogP contribution in [0.15, 0.2) is 12.2 Å². The minimum absolute atomic E-state index is 0.339. The largest absolute Gasteiger partial charge is 0.381 e. The van der Waals surface area contributed by atoms with E-state index in [0.29, 0.717) is 13.2 Å². The average Bonchev–Trinajstić information content (AvgIpc) is 2.12. The maximum Gasteiger partial charge on any atom is 0.268 e. The van der Waals surface area contributed by atoms with Crippen molar-refractivity contribution in [3.63, 3.8) is 0 Å². The predicted molar refractivity (Wildman–Crippen MR) is 59.2 cm³/mol. The molecular weight excluding hydrogens is 198 g/mol. The molecule has 90 valence electrons. The van der Waals surface area contributed by atoms with Gasteiger partial charge in [-0.25, -0.2) is 8.78 Å². The summed E-state index contributed by atoms with van der Waals surface area (Å²) >= 11 is 0. The molecular formula is C12H22F2O. The van der Waals surface area contributed by atoms with Crippen LogP contribution >= 0.6 is 0 Å². The Morgan fingerprint density at radius 3 is 2.13 bits per heavy atom. The van der Waals surface area contributed by atoms with E-state index in [-0.39, 0.29) is 5.41 Å². The van der Waals surface area contributed by atoms with Crippen LogP contribution in [-0.2, 0) is 4.74 Å². The summed E-state index contributed by atoms with van der Waals surface area (Å²) in [5.41, 5.74) is -0.339. The van der Waals surface area contributed by atoms with Gasteiger partial charge < -0.3 is 4.74 Å². The third kappa shape index (κ3) is 5.88. The van der Waals surface area contributed by atoms with Gasteiger partial charge in [-0.2, -0.15) is 0 Å². The maximum absolute atomic E-state index is 13.3. The summed E-state index contributed by atoms with van der Waals surface area (Å²) in [6.07, 6.45) is 2.54. The van der Waals surface area contributed by atoms with Crippen molar-refractivity contribution in [2.75, 3.05) is 13.2 Å². The van der Waals surface area contributed by atoms with Crippen LogP contribution in [0, 0.1) is 11.3 Å². The lowest BCUT2D eigenvalue weighted by atomic mass is 9.92. The second-order valence-electron chi connectivity index (χ2n) is 4.79. The van der Waals surface area contributed by atoms with Crippen LogP contribution < -0.4 is 0 Å². The van der Waals surface area contributed by atoms with E-state index in [4.69, 9.17) is 4.74 Å². The number of halogens is 2. The number of allylic oxidation sites excluding steroid dienone is 1. The monoisotopic (exact) mass is 220 g/mol. The van der Waals surface area contributed by atoms with Gasteiger partial charge in [0.15, 0.2) is 0 Å². The summed E-state index contributed by atoms with van der Waals surface area (Å²) in [7, 11) is 0. The molecule has 0 aliphatic carbocycles. The van der Waals surface area contributed by atoms with Gasteiger partial charge in [0, 0.05) is 17.9 Å². The molecule has 0 atom stereocenters. The van der Waals surface area contributed by atoms with Gasteiger partial charge in [0.05, 0.1) is 6.61 Å². The van der Waals surface area contributed by atoms with Crippen molar-refractivity contribution < 1.29 is 13.5 Å². The van der Waals surface area contributed by atoms with Gasteiger partial charge >= 0.3 is 0 Å². The van der Waals surface area contributed by atoms with Crippen LogP contribution in [-0.4, -0.2) is 19.1 Å². The molecule has 0 amide bonds. The molecule has 0 aromatic carbocycles. The van der Waals surface area contributed by atoms with Crippen molar-refractivity contribution in [1.82, 2.24) is 0 Å². The Bertz CT molecular complexity index is 208. The lowest BCUT2D eigenvalue weighted by molar-refractivity contribution is 0.00452. The van der Waals surface area contributed by atoms with Crippen LogP contribution in [0.4, 0.5) is 8.78 Å². The minimum atomic E-state index is -2.73. The molecule has 3 heteroatoms. The zero-order chi connectivity index (χ0) is 12.1. The molecule has 0 aromatic heterocycles. The molecule has 0 aliphatic rings. The Morgan fingerprint density at radius 2 is 1.73 bits per heavy atom. The Kier molecular flexibility index (Phi) is 5.43. The molecule has 0 rings (SSSR count). The second-order valence-corrected chi connectivity index (χ2v) is 4.79. The van der Waals surface area contributed by atoms with Crippen molar-refractivity contribution in [3.8, 4) is 0 Å². The summed E-state index contributed by atoms with van der Waals surface area (Å²) < 4.78 is 31.8. The van der Waals surface area contributed by atoms with Gasteiger partial charge in [-0.3, -0.25) is 0 Å². The molecule has 0 spiro atoms. The number of alkyl halides is 2. The third-order valence-corrected chi connectivity index (χ3v) is 2.20. The van der Waals surface area contributed by atoms with Crippen LogP contribution in [0.2, 0.25) is 0 Å². The van der Waals surface area contributed by atoms with E-state index >= 15 is 0 Å². The fourth-order valence-electron chi connectivity index (χ4n) is 0.942. The van der Waals surface area contributed by atoms with E-state index in [1.807, 2.05) is 20.8 Å². The molecule has 0 unspecified atom stereocenters. The highest BCUT2D eigenvalue weighted by Crippen LogP contribution is 2.28. The first-order chi connectivity index (χ1) is 6.71. The SMILES string of the molecule is CCOCC(C)(C)/C=C/C(F)(F)C(C)C. The third-order valence-electron chi connectivity index (χ3n) is 2.20. The van der Waals surface area contributed by atoms with E-state index in [1.54, 1.807) is 6.08 Å². The van der Waals surface area contributed by atoms with E-state index in [9.17, 15) is 8.78 Å². The normalized spacial score (nSPS) is 14.1. The zero-order valence-electron chi connectivity index (χ0n) is 10.3. The first kappa shape index (κ1) is 14.6. The first-order valence-corrected chi connectivity index (χ1v) is 5.37. The van der Waals surface area contributed by atoms with Crippen LogP contribution in [0.3, 0.4) is 0 Å². The van der Waals surface area contributed by atoms with Crippen LogP contribution in [0.25, 0.3) is 0 Å². The minimum Gasteiger partial charge on any atom is -0.381 e. The number of ether oxygens (including phenoxy) is 1. The van der Waals surface area contributed by atoms with Gasteiger partial charge in [-0.05, 0) is 13.0 Å². The number of hydrogen-bond acceptors (Lipinski definition) is 1. The highest BCUT2D eigenvalue weighted by atomic mass is 19.3. The fraction of sp³-hybridized carbons (Fsp3) is 0.833. The molecule has 0 saturated carbocycles. The average molecular weight is 220 g/mol. The summed E-state index contributed by atoms with van der Waals surface area (Å²) in [6, 6.07) is 0. The first-order valence-electron chi connectivity index (χ1n) is 5.37. The van der Waals surface area contributed by atoms with E-state index < -0.39 is 11.8 Å². The molecule has 0 aromatic rings. The number of rotatable bonds is 6. The van der Waals surface area contributed by atoms with Crippen molar-refractivity contribution in [2.45, 2.75) is 40.5 Å². The zero-order valence-corrected chi connectivity index (χ0v) is 10.3. The summed E-state index contributed by atoms with van der Waals surface area (Å²) in [5, 5.41) is 0. The lowest BCUT2D eigenvalue weighted by Crippen LogP contribution is -2.23. The maximum atomic E-state index is 13.3. The molecule has 0 N–H and O–H groups in total. The Morgan fingerprint density at radius 1 is 1.20 bits per heavy atom. The van der Waals surface area contributed by atoms with Crippen molar-refractivity contribution in [3.05, 3.63) is 12.2 Å². The van der Waals surface area contributed by atoms with Crippen molar-refractivity contribution in [2.24, 2.45) is 11.3 Å². The second kappa shape index (κ2) is 5.59. The van der Waals surface area contributed by atoms with Gasteiger partial charge in [-0.1, -0.05) is 33.8 Å². The highest BCUT2D eigenvalue weighted by Gasteiger charge is 2.30. The van der Waals surface area contributed by atoms with Gasteiger partial charge in [0.1, 0.15) is 0 Å². The molecule has 0 aliphatic heterocycles. The van der Waals surface area contributed by atoms with E-state index in [0.717, 1.165) is 6.08 Å². The fourth-order valence-corrected chi connectivity index (χ4v) is 0.942. The van der Waals surface area contributed by atoms with Gasteiger partial charge in [-0.15, -0.1) is 0 Å². The standard InChI is InChI=1S/C12H22F2O/c1-6-15-9-11(4,5)7-8-12(13,14)10(2)3/h7-8,10H,6,9H2,1-5H3/b8-7+. The number of hydrogen-bond donors (Lipinski definition) is 0. The molecule has 1 nitrogen and oxygen atoms in total. The highest BCUT2D eigenvalue weighted by molar-refractivity contribution is 5.03. The molecule has 0 saturated heterocycles. The van der Waals surface area contributed by atoms with Crippen LogP contribution in [0.5, 0.6) is 0 Å². The molecule has 0 radical (unpaired) electrons. The van der Waals surface area contributed by atoms with Crippen LogP contribution in [0.1, 0.15) is 34.6 Å². The molecule has 0 bridgehead atoms. The Labute approximate surface area is 91.5 Å². The summed E-state index contributed by atoms with van der Waals surface area (Å²) in [5.74, 6) is -3.40. The van der Waals surface area contributed by atoms with Crippen molar-refractivity contribution in [1.29, 1.82) is 0 Å². The quantitative estimate of drug-likeness (QED) is 0.617. The predicted octanol–water partition coefficient (Wildman–Crippen LogP) is 3.90. The summed E-state index contributed by atoms with van der Waals surface area (Å²) in [4.78, 5) is 0. The molecule has 15 heavy (non-hydrogen) atoms. The van der Waals surface area contributed by atoms with Gasteiger partial charge in [0.25, 0.3) is 5.92 Å². The summed E-state index contributed by atoms with van der Waals surface area (Å²) in [6.45, 7) is 9.76. The Hall–Kier alpha value is -0.440. The smallest absolute Gasteiger partial charge is 0.268 e. The topological polar surface area (TPSA) is 9.23 Å². The lowest BCUT2D eigenvalue weighted by Gasteiger charge is -2.22. The Balaban J connectivity index is 4.36. The van der Waals surface area contributed by atoms with E-state index in [2.05, 4.69) is 0 Å². The molecule has 0 fully saturated rings. The van der Waals surface area contributed by atoms with E-state index in [1.165, 1.54) is 13.8 Å². The molecule has 0 heterocycles.